The summed E-state index contributed by atoms with van der Waals surface area (Å²) in [4.78, 5) is 0. The Balaban J connectivity index is 0.00000432. The molecule has 0 amide bonds. The zero-order valence-electron chi connectivity index (χ0n) is 21.8. The first-order chi connectivity index (χ1) is 16.8. The lowest BCUT2D eigenvalue weighted by Crippen LogP contribution is -2.23. The van der Waals surface area contributed by atoms with E-state index >= 15 is 0 Å². The Labute approximate surface area is 228 Å². The molecular formula is C33H46BrP. The van der Waals surface area contributed by atoms with Gasteiger partial charge in [-0.05, 0) is 35.1 Å². The van der Waals surface area contributed by atoms with Gasteiger partial charge in [0.05, 0.1) is 5.16 Å². The zero-order chi connectivity index (χ0) is 23.9. The van der Waals surface area contributed by atoms with Crippen LogP contribution in [-0.4, -0.2) is 0 Å². The highest BCUT2D eigenvalue weighted by Gasteiger charge is 2.32. The second-order valence-electron chi connectivity index (χ2n) is 9.84. The fourth-order valence-electron chi connectivity index (χ4n) is 5.16. The van der Waals surface area contributed by atoms with Crippen LogP contribution >= 0.6 is 26.2 Å². The molecular weight excluding hydrogens is 507 g/mol. The van der Waals surface area contributed by atoms with Crippen molar-refractivity contribution < 1.29 is 0 Å². The van der Waals surface area contributed by atoms with E-state index in [0.29, 0.717) is 0 Å². The van der Waals surface area contributed by atoms with Gasteiger partial charge in [0.25, 0.3) is 0 Å². The van der Waals surface area contributed by atoms with E-state index < -0.39 is 0 Å². The molecule has 2 heteroatoms. The maximum absolute atomic E-state index is 3.22. The first-order valence-electron chi connectivity index (χ1n) is 13.7. The molecule has 0 aliphatic carbocycles. The molecule has 0 radical (unpaired) electrons. The van der Waals surface area contributed by atoms with Crippen LogP contribution in [0.2, 0.25) is 0 Å². The Hall–Kier alpha value is -1.43. The van der Waals surface area contributed by atoms with Gasteiger partial charge in [-0.15, -0.1) is 26.2 Å². The minimum Gasteiger partial charge on any atom is -0.117 e. The lowest BCUT2D eigenvalue weighted by Gasteiger charge is -2.33. The number of benzene rings is 3. The smallest absolute Gasteiger partial charge is 0.0594 e. The number of hydrogen-bond acceptors (Lipinski definition) is 0. The molecule has 1 atom stereocenters. The minimum absolute atomic E-state index is 0. The summed E-state index contributed by atoms with van der Waals surface area (Å²) in [6, 6.07) is 31.0. The fraction of sp³-hybridized carbons (Fsp3) is 0.455. The molecule has 3 aromatic carbocycles. The molecule has 1 unspecified atom stereocenters. The van der Waals surface area contributed by atoms with Crippen molar-refractivity contribution in [2.24, 2.45) is 0 Å². The summed E-state index contributed by atoms with van der Waals surface area (Å²) in [6.07, 6.45) is 17.9. The highest BCUT2D eigenvalue weighted by molar-refractivity contribution is 8.93. The second-order valence-corrected chi connectivity index (χ2v) is 10.7. The first kappa shape index (κ1) is 29.8. The summed E-state index contributed by atoms with van der Waals surface area (Å²) >= 11 is 0. The zero-order valence-corrected chi connectivity index (χ0v) is 24.6. The standard InChI is InChI=1S/C33H45P.BrH/c1-2-3-4-5-6-7-8-9-10-11-12-15-22-29-23-20-21-28-32(29)33(34,30-24-16-13-17-25-30)31-26-18-14-19-27-31;/h13-14,16-21,23-28H,2-12,15,22,34H2,1H3;1H. The van der Waals surface area contributed by atoms with Crippen LogP contribution < -0.4 is 0 Å². The van der Waals surface area contributed by atoms with Gasteiger partial charge in [-0.1, -0.05) is 162 Å². The molecule has 0 heterocycles. The van der Waals surface area contributed by atoms with Crippen LogP contribution in [-0.2, 0) is 11.6 Å². The van der Waals surface area contributed by atoms with Crippen LogP contribution in [0.5, 0.6) is 0 Å². The fourth-order valence-corrected chi connectivity index (χ4v) is 5.83. The van der Waals surface area contributed by atoms with Gasteiger partial charge in [0.2, 0.25) is 0 Å². The predicted molar refractivity (Wildman–Crippen MR) is 164 cm³/mol. The highest BCUT2D eigenvalue weighted by atomic mass is 79.9. The Bertz CT molecular complexity index is 883. The number of halogens is 1. The van der Waals surface area contributed by atoms with Gasteiger partial charge in [0, 0.05) is 0 Å². The van der Waals surface area contributed by atoms with E-state index in [1.807, 2.05) is 0 Å². The molecule has 0 nitrogen and oxygen atoms in total. The summed E-state index contributed by atoms with van der Waals surface area (Å²) in [7, 11) is 3.22. The third-order valence-corrected chi connectivity index (χ3v) is 8.18. The molecule has 0 fully saturated rings. The van der Waals surface area contributed by atoms with Crippen LogP contribution in [0.1, 0.15) is 106 Å². The van der Waals surface area contributed by atoms with Gasteiger partial charge in [-0.25, -0.2) is 0 Å². The molecule has 0 saturated heterocycles. The maximum Gasteiger partial charge on any atom is 0.0594 e. The van der Waals surface area contributed by atoms with Crippen molar-refractivity contribution in [3.05, 3.63) is 107 Å². The maximum atomic E-state index is 3.22. The van der Waals surface area contributed by atoms with Crippen LogP contribution in [0.4, 0.5) is 0 Å². The van der Waals surface area contributed by atoms with E-state index in [-0.39, 0.29) is 22.1 Å². The first-order valence-corrected chi connectivity index (χ1v) is 14.3. The molecule has 0 aliphatic heterocycles. The molecule has 35 heavy (non-hydrogen) atoms. The van der Waals surface area contributed by atoms with Crippen molar-refractivity contribution in [3.8, 4) is 0 Å². The van der Waals surface area contributed by atoms with Crippen molar-refractivity contribution >= 4 is 26.2 Å². The van der Waals surface area contributed by atoms with Crippen LogP contribution in [0.25, 0.3) is 0 Å². The molecule has 3 rings (SSSR count). The third kappa shape index (κ3) is 9.18. The third-order valence-electron chi connectivity index (χ3n) is 7.20. The lowest BCUT2D eigenvalue weighted by atomic mass is 9.81. The van der Waals surface area contributed by atoms with E-state index in [9.17, 15) is 0 Å². The number of rotatable bonds is 16. The van der Waals surface area contributed by atoms with Gasteiger partial charge >= 0.3 is 0 Å². The van der Waals surface area contributed by atoms with Crippen molar-refractivity contribution in [2.45, 2.75) is 95.6 Å². The molecule has 0 aliphatic rings. The summed E-state index contributed by atoms with van der Waals surface area (Å²) < 4.78 is 0. The van der Waals surface area contributed by atoms with E-state index in [1.165, 1.54) is 99.3 Å². The summed E-state index contributed by atoms with van der Waals surface area (Å²) in [6.45, 7) is 2.29. The second kappa shape index (κ2) is 17.1. The van der Waals surface area contributed by atoms with Crippen molar-refractivity contribution in [1.29, 1.82) is 0 Å². The van der Waals surface area contributed by atoms with Crippen molar-refractivity contribution in [2.75, 3.05) is 0 Å². The summed E-state index contributed by atoms with van der Waals surface area (Å²) in [5.74, 6) is 0. The highest BCUT2D eigenvalue weighted by Crippen LogP contribution is 2.46. The average Bonchev–Trinajstić information content (AvgIpc) is 2.90. The summed E-state index contributed by atoms with van der Waals surface area (Å²) in [5, 5.41) is -0.226. The minimum atomic E-state index is -0.226. The van der Waals surface area contributed by atoms with Gasteiger partial charge in [-0.3, -0.25) is 0 Å². The van der Waals surface area contributed by atoms with E-state index in [1.54, 1.807) is 0 Å². The molecule has 0 saturated carbocycles. The Morgan fingerprint density at radius 1 is 0.514 bits per heavy atom. The van der Waals surface area contributed by atoms with E-state index in [4.69, 9.17) is 0 Å². The number of aryl methyl sites for hydroxylation is 1. The molecule has 3 aromatic rings. The monoisotopic (exact) mass is 552 g/mol. The van der Waals surface area contributed by atoms with Crippen molar-refractivity contribution in [1.82, 2.24) is 0 Å². The van der Waals surface area contributed by atoms with E-state index in [2.05, 4.69) is 101 Å². The molecule has 0 aromatic heterocycles. The Morgan fingerprint density at radius 3 is 1.40 bits per heavy atom. The SMILES string of the molecule is Br.CCCCCCCCCCCCCCc1ccccc1C(P)(c1ccccc1)c1ccccc1. The number of hydrogen-bond donors (Lipinski definition) is 0. The van der Waals surface area contributed by atoms with Gasteiger partial charge in [0.1, 0.15) is 0 Å². The van der Waals surface area contributed by atoms with Gasteiger partial charge in [0.15, 0.2) is 0 Å². The lowest BCUT2D eigenvalue weighted by molar-refractivity contribution is 0.543. The predicted octanol–water partition coefficient (Wildman–Crippen LogP) is 10.7. The molecule has 0 spiro atoms. The van der Waals surface area contributed by atoms with Crippen LogP contribution in [0.3, 0.4) is 0 Å². The van der Waals surface area contributed by atoms with E-state index in [0.717, 1.165) is 6.42 Å². The quantitative estimate of drug-likeness (QED) is 0.0940. The summed E-state index contributed by atoms with van der Waals surface area (Å²) in [5.41, 5.74) is 5.56. The topological polar surface area (TPSA) is 0 Å². The van der Waals surface area contributed by atoms with Gasteiger partial charge < -0.3 is 0 Å². The molecule has 190 valence electrons. The molecule has 0 bridgehead atoms. The molecule has 0 N–H and O–H groups in total. The number of unbranched alkanes of at least 4 members (excludes halogenated alkanes) is 11. The average molecular weight is 554 g/mol. The van der Waals surface area contributed by atoms with Crippen LogP contribution in [0.15, 0.2) is 84.9 Å². The normalized spacial score (nSPS) is 11.3. The Kier molecular flexibility index (Phi) is 14.6. The van der Waals surface area contributed by atoms with Gasteiger partial charge in [-0.2, -0.15) is 0 Å². The van der Waals surface area contributed by atoms with Crippen molar-refractivity contribution in [3.63, 3.8) is 0 Å². The largest absolute Gasteiger partial charge is 0.117 e. The Morgan fingerprint density at radius 2 is 0.914 bits per heavy atom. The van der Waals surface area contributed by atoms with Crippen LogP contribution in [0, 0.1) is 0 Å².